The summed E-state index contributed by atoms with van der Waals surface area (Å²) in [7, 11) is -3.32. The van der Waals surface area contributed by atoms with Gasteiger partial charge >= 0.3 is 6.09 Å². The van der Waals surface area contributed by atoms with Gasteiger partial charge in [0.05, 0.1) is 11.8 Å². The molecular formula is C23H39NO4S. The summed E-state index contributed by atoms with van der Waals surface area (Å²) >= 11 is 0. The number of hydrogen-bond acceptors (Lipinski definition) is 4. The molecule has 4 bridgehead atoms. The van der Waals surface area contributed by atoms with Crippen molar-refractivity contribution < 1.29 is 17.9 Å². The van der Waals surface area contributed by atoms with Gasteiger partial charge in [-0.1, -0.05) is 19.9 Å². The summed E-state index contributed by atoms with van der Waals surface area (Å²) in [6.07, 6.45) is 8.99. The highest BCUT2D eigenvalue weighted by Crippen LogP contribution is 2.60. The fourth-order valence-electron chi connectivity index (χ4n) is 6.31. The van der Waals surface area contributed by atoms with Gasteiger partial charge in [-0.3, -0.25) is 0 Å². The third-order valence-corrected chi connectivity index (χ3v) is 8.20. The molecule has 29 heavy (non-hydrogen) atoms. The quantitative estimate of drug-likeness (QED) is 0.618. The van der Waals surface area contributed by atoms with Crippen LogP contribution in [0, 0.1) is 29.1 Å². The van der Waals surface area contributed by atoms with Gasteiger partial charge in [0.1, 0.15) is 5.60 Å². The van der Waals surface area contributed by atoms with Crippen LogP contribution in [0.5, 0.6) is 0 Å². The Morgan fingerprint density at radius 1 is 1.10 bits per heavy atom. The molecule has 0 spiro atoms. The topological polar surface area (TPSA) is 72.5 Å². The molecule has 0 radical (unpaired) electrons. The number of amides is 1. The highest BCUT2D eigenvalue weighted by Gasteiger charge is 2.52. The molecule has 4 saturated carbocycles. The second-order valence-corrected chi connectivity index (χ2v) is 13.3. The van der Waals surface area contributed by atoms with Crippen LogP contribution in [-0.2, 0) is 14.6 Å². The Hall–Kier alpha value is -1.04. The van der Waals surface area contributed by atoms with Crippen LogP contribution >= 0.6 is 0 Å². The number of ether oxygens (including phenoxy) is 1. The van der Waals surface area contributed by atoms with Crippen molar-refractivity contribution in [3.05, 3.63) is 11.5 Å². The molecule has 0 unspecified atom stereocenters. The smallest absolute Gasteiger partial charge is 0.408 e. The predicted octanol–water partition coefficient (Wildman–Crippen LogP) is 5.07. The minimum Gasteiger partial charge on any atom is -0.444 e. The first-order valence-corrected chi connectivity index (χ1v) is 13.0. The van der Waals surface area contributed by atoms with Crippen LogP contribution in [0.2, 0.25) is 0 Å². The number of hydrogen-bond donors (Lipinski definition) is 1. The van der Waals surface area contributed by atoms with Crippen molar-refractivity contribution >= 4 is 15.9 Å². The van der Waals surface area contributed by atoms with E-state index in [4.69, 9.17) is 4.74 Å². The average Bonchev–Trinajstić information content (AvgIpc) is 2.47. The number of nitrogens with one attached hydrogen (secondary N) is 1. The van der Waals surface area contributed by atoms with Crippen molar-refractivity contribution in [1.29, 1.82) is 0 Å². The Kier molecular flexibility index (Phi) is 6.43. The maximum atomic E-state index is 13.0. The lowest BCUT2D eigenvalue weighted by atomic mass is 9.50. The molecular weight excluding hydrogens is 386 g/mol. The molecule has 4 aliphatic carbocycles. The molecule has 1 N–H and O–H groups in total. The van der Waals surface area contributed by atoms with Crippen molar-refractivity contribution in [2.45, 2.75) is 91.2 Å². The van der Waals surface area contributed by atoms with Gasteiger partial charge in [-0.05, 0) is 94.8 Å². The molecule has 0 aliphatic heterocycles. The van der Waals surface area contributed by atoms with Gasteiger partial charge in [0.15, 0.2) is 9.84 Å². The standard InChI is InChI=1S/C23H39NO4S/c1-16(2)8-20(24-21(25)28-22(3,4)5)6-7-29(26,27)15-23-12-17-9-18(13-23)11-19(10-17)14-23/h6-7,16-20H,8-15H2,1-5H3,(H,24,25)/b7-6+/t17?,18?,19?,20-,23?/m1/s1. The maximum absolute atomic E-state index is 13.0. The molecule has 1 amide bonds. The zero-order valence-corrected chi connectivity index (χ0v) is 19.6. The highest BCUT2D eigenvalue weighted by atomic mass is 32.2. The largest absolute Gasteiger partial charge is 0.444 e. The zero-order chi connectivity index (χ0) is 21.4. The van der Waals surface area contributed by atoms with Crippen LogP contribution in [0.3, 0.4) is 0 Å². The summed E-state index contributed by atoms with van der Waals surface area (Å²) in [5, 5.41) is 4.18. The molecule has 1 atom stereocenters. The summed E-state index contributed by atoms with van der Waals surface area (Å²) in [5.41, 5.74) is -0.592. The number of rotatable bonds is 7. The Morgan fingerprint density at radius 2 is 1.62 bits per heavy atom. The first kappa shape index (κ1) is 22.6. The van der Waals surface area contributed by atoms with E-state index in [0.29, 0.717) is 12.3 Å². The van der Waals surface area contributed by atoms with E-state index in [-0.39, 0.29) is 17.2 Å². The molecule has 4 aliphatic rings. The van der Waals surface area contributed by atoms with Crippen molar-refractivity contribution in [3.63, 3.8) is 0 Å². The molecule has 5 nitrogen and oxygen atoms in total. The van der Waals surface area contributed by atoms with Gasteiger partial charge in [0, 0.05) is 5.41 Å². The second kappa shape index (κ2) is 8.24. The Bertz CT molecular complexity index is 697. The Balaban J connectivity index is 1.65. The van der Waals surface area contributed by atoms with E-state index < -0.39 is 21.5 Å². The van der Waals surface area contributed by atoms with Gasteiger partial charge in [0.25, 0.3) is 0 Å². The molecule has 0 aromatic rings. The normalized spacial score (nSPS) is 32.7. The molecule has 0 saturated heterocycles. The van der Waals surface area contributed by atoms with Gasteiger partial charge in [-0.2, -0.15) is 0 Å². The molecule has 6 heteroatoms. The number of sulfone groups is 1. The minimum atomic E-state index is -3.32. The van der Waals surface area contributed by atoms with Gasteiger partial charge in [-0.25, -0.2) is 13.2 Å². The van der Waals surface area contributed by atoms with Crippen LogP contribution < -0.4 is 5.32 Å². The van der Waals surface area contributed by atoms with E-state index in [0.717, 1.165) is 37.0 Å². The molecule has 0 aromatic carbocycles. The van der Waals surface area contributed by atoms with E-state index in [9.17, 15) is 13.2 Å². The zero-order valence-electron chi connectivity index (χ0n) is 18.7. The van der Waals surface area contributed by atoms with Crippen LogP contribution in [-0.4, -0.2) is 31.9 Å². The van der Waals surface area contributed by atoms with E-state index in [1.165, 1.54) is 24.7 Å². The van der Waals surface area contributed by atoms with E-state index in [1.54, 1.807) is 6.08 Å². The second-order valence-electron chi connectivity index (χ2n) is 11.4. The lowest BCUT2D eigenvalue weighted by Crippen LogP contribution is -2.48. The predicted molar refractivity (Wildman–Crippen MR) is 116 cm³/mol. The summed E-state index contributed by atoms with van der Waals surface area (Å²) in [6, 6.07) is -0.351. The van der Waals surface area contributed by atoms with Crippen molar-refractivity contribution in [2.75, 3.05) is 5.75 Å². The molecule has 166 valence electrons. The lowest BCUT2D eigenvalue weighted by Gasteiger charge is -2.56. The van der Waals surface area contributed by atoms with E-state index in [2.05, 4.69) is 19.2 Å². The van der Waals surface area contributed by atoms with Crippen LogP contribution in [0.15, 0.2) is 11.5 Å². The maximum Gasteiger partial charge on any atom is 0.408 e. The van der Waals surface area contributed by atoms with Gasteiger partial charge in [-0.15, -0.1) is 0 Å². The summed E-state index contributed by atoms with van der Waals surface area (Å²) in [4.78, 5) is 12.2. The average molecular weight is 426 g/mol. The summed E-state index contributed by atoms with van der Waals surface area (Å²) in [6.45, 7) is 9.56. The lowest BCUT2D eigenvalue weighted by molar-refractivity contribution is -0.0389. The number of alkyl carbamates (subject to hydrolysis) is 1. The van der Waals surface area contributed by atoms with Crippen LogP contribution in [0.4, 0.5) is 4.79 Å². The third-order valence-electron chi connectivity index (χ3n) is 6.62. The summed E-state index contributed by atoms with van der Waals surface area (Å²) in [5.74, 6) is 2.81. The minimum absolute atomic E-state index is 0.00986. The molecule has 0 aromatic heterocycles. The Morgan fingerprint density at radius 3 is 2.07 bits per heavy atom. The van der Waals surface area contributed by atoms with Crippen LogP contribution in [0.1, 0.15) is 79.6 Å². The fourth-order valence-corrected chi connectivity index (χ4v) is 8.04. The van der Waals surface area contributed by atoms with Crippen LogP contribution in [0.25, 0.3) is 0 Å². The fraction of sp³-hybridized carbons (Fsp3) is 0.870. The highest BCUT2D eigenvalue weighted by molar-refractivity contribution is 7.94. The van der Waals surface area contributed by atoms with Gasteiger partial charge in [0.2, 0.25) is 0 Å². The van der Waals surface area contributed by atoms with E-state index >= 15 is 0 Å². The number of carbonyl (C=O) groups excluding carboxylic acids is 1. The molecule has 4 rings (SSSR count). The van der Waals surface area contributed by atoms with Crippen molar-refractivity contribution in [1.82, 2.24) is 5.32 Å². The first-order chi connectivity index (χ1) is 13.3. The molecule has 0 heterocycles. The van der Waals surface area contributed by atoms with Gasteiger partial charge < -0.3 is 10.1 Å². The summed E-state index contributed by atoms with van der Waals surface area (Å²) < 4.78 is 31.3. The van der Waals surface area contributed by atoms with Crippen molar-refractivity contribution in [3.8, 4) is 0 Å². The first-order valence-electron chi connectivity index (χ1n) is 11.2. The SMILES string of the molecule is CC(C)C[C@@H](/C=C/S(=O)(=O)CC12CC3CC(CC(C3)C1)C2)NC(=O)OC(C)(C)C. The third kappa shape index (κ3) is 6.47. The molecule has 4 fully saturated rings. The monoisotopic (exact) mass is 425 g/mol. The number of carbonyl (C=O) groups is 1. The van der Waals surface area contributed by atoms with Crippen molar-refractivity contribution in [2.24, 2.45) is 29.1 Å². The van der Waals surface area contributed by atoms with E-state index in [1.807, 2.05) is 20.8 Å². The Labute approximate surface area is 177 Å².